The lowest BCUT2D eigenvalue weighted by Crippen LogP contribution is -1.99. The minimum absolute atomic E-state index is 0.132. The normalized spacial score (nSPS) is 10.4. The predicted octanol–water partition coefficient (Wildman–Crippen LogP) is 2.82. The molecule has 5 heteroatoms. The Hall–Kier alpha value is -1.68. The van der Waals surface area contributed by atoms with Crippen LogP contribution in [0.15, 0.2) is 18.2 Å². The quantitative estimate of drug-likeness (QED) is 0.821. The molecule has 0 fully saturated rings. The van der Waals surface area contributed by atoms with Gasteiger partial charge in [-0.05, 0) is 37.1 Å². The lowest BCUT2D eigenvalue weighted by Gasteiger charge is -2.07. The van der Waals surface area contributed by atoms with Crippen LogP contribution in [0.4, 0.5) is 0 Å². The molecule has 2 aromatic rings. The molecule has 0 aliphatic heterocycles. The molecule has 0 aliphatic rings. The monoisotopic (exact) mass is 249 g/mol. The molecule has 0 aliphatic carbocycles. The first-order chi connectivity index (χ1) is 8.10. The lowest BCUT2D eigenvalue weighted by atomic mass is 10.1. The Labute approximate surface area is 105 Å². The van der Waals surface area contributed by atoms with Crippen molar-refractivity contribution in [3.8, 4) is 17.4 Å². The van der Waals surface area contributed by atoms with Crippen LogP contribution in [0.3, 0.4) is 0 Å². The van der Waals surface area contributed by atoms with Crippen LogP contribution < -0.4 is 4.74 Å². The zero-order chi connectivity index (χ0) is 12.4. The van der Waals surface area contributed by atoms with Crippen molar-refractivity contribution in [3.63, 3.8) is 0 Å². The first-order valence-electron chi connectivity index (χ1n) is 5.13. The summed E-state index contributed by atoms with van der Waals surface area (Å²) in [5.41, 5.74) is 3.16. The van der Waals surface area contributed by atoms with E-state index < -0.39 is 0 Å². The third kappa shape index (κ3) is 2.53. The van der Waals surface area contributed by atoms with Gasteiger partial charge in [0.25, 0.3) is 0 Å². The molecule has 0 bridgehead atoms. The number of methoxy groups -OCH3 is 1. The van der Waals surface area contributed by atoms with E-state index in [1.165, 1.54) is 7.11 Å². The van der Waals surface area contributed by atoms with Crippen LogP contribution in [0, 0.1) is 13.8 Å². The number of rotatable bonds is 2. The Balaban J connectivity index is 2.59. The minimum Gasteiger partial charge on any atom is -0.467 e. The van der Waals surface area contributed by atoms with E-state index in [9.17, 15) is 0 Å². The predicted molar refractivity (Wildman–Crippen MR) is 66.3 cm³/mol. The van der Waals surface area contributed by atoms with E-state index in [0.717, 1.165) is 16.7 Å². The van der Waals surface area contributed by atoms with Gasteiger partial charge in [0.2, 0.25) is 5.28 Å². The molecule has 1 aromatic heterocycles. The number of aryl methyl sites for hydroxylation is 2. The number of nitrogens with zero attached hydrogens (tertiary/aromatic N) is 3. The van der Waals surface area contributed by atoms with Gasteiger partial charge in [-0.1, -0.05) is 17.7 Å². The average Bonchev–Trinajstić information content (AvgIpc) is 2.31. The molecule has 0 radical (unpaired) electrons. The number of halogens is 1. The molecular formula is C12H12ClN3O. The van der Waals surface area contributed by atoms with Gasteiger partial charge in [-0.2, -0.15) is 15.0 Å². The topological polar surface area (TPSA) is 47.9 Å². The summed E-state index contributed by atoms with van der Waals surface area (Å²) in [5, 5.41) is 0.132. The maximum absolute atomic E-state index is 5.83. The van der Waals surface area contributed by atoms with Crippen LogP contribution in [0.2, 0.25) is 5.28 Å². The Morgan fingerprint density at radius 3 is 2.59 bits per heavy atom. The molecule has 88 valence electrons. The highest BCUT2D eigenvalue weighted by Crippen LogP contribution is 2.23. The first kappa shape index (κ1) is 11.8. The van der Waals surface area contributed by atoms with Crippen molar-refractivity contribution in [2.24, 2.45) is 0 Å². The van der Waals surface area contributed by atoms with Crippen LogP contribution in [-0.4, -0.2) is 22.1 Å². The Morgan fingerprint density at radius 1 is 1.12 bits per heavy atom. The van der Waals surface area contributed by atoms with Crippen LogP contribution in [0.1, 0.15) is 11.1 Å². The summed E-state index contributed by atoms with van der Waals surface area (Å²) in [6.45, 7) is 4.02. The standard InChI is InChI=1S/C12H12ClN3O/c1-7-4-5-8(2)9(6-7)10-14-11(13)16-12(15-10)17-3/h4-6H,1-3H3. The summed E-state index contributed by atoms with van der Waals surface area (Å²) < 4.78 is 4.98. The van der Waals surface area contributed by atoms with E-state index in [1.54, 1.807) is 0 Å². The van der Waals surface area contributed by atoms with Gasteiger partial charge < -0.3 is 4.74 Å². The third-order valence-electron chi connectivity index (χ3n) is 2.40. The molecular weight excluding hydrogens is 238 g/mol. The molecule has 2 rings (SSSR count). The maximum atomic E-state index is 5.83. The minimum atomic E-state index is 0.132. The fourth-order valence-corrected chi connectivity index (χ4v) is 1.67. The van der Waals surface area contributed by atoms with Gasteiger partial charge in [0.15, 0.2) is 5.82 Å². The molecule has 0 saturated heterocycles. The van der Waals surface area contributed by atoms with Gasteiger partial charge in [0.05, 0.1) is 7.11 Å². The van der Waals surface area contributed by atoms with Gasteiger partial charge >= 0.3 is 6.01 Å². The van der Waals surface area contributed by atoms with E-state index in [2.05, 4.69) is 15.0 Å². The highest BCUT2D eigenvalue weighted by molar-refractivity contribution is 6.28. The molecule has 1 aromatic carbocycles. The fraction of sp³-hybridized carbons (Fsp3) is 0.250. The molecule has 0 unspecified atom stereocenters. The molecule has 17 heavy (non-hydrogen) atoms. The highest BCUT2D eigenvalue weighted by Gasteiger charge is 2.09. The van der Waals surface area contributed by atoms with Crippen molar-refractivity contribution in [1.82, 2.24) is 15.0 Å². The van der Waals surface area contributed by atoms with Crippen LogP contribution in [0.5, 0.6) is 6.01 Å². The second kappa shape index (κ2) is 4.67. The van der Waals surface area contributed by atoms with Crippen molar-refractivity contribution >= 4 is 11.6 Å². The van der Waals surface area contributed by atoms with Crippen molar-refractivity contribution in [1.29, 1.82) is 0 Å². The van der Waals surface area contributed by atoms with Crippen molar-refractivity contribution in [2.45, 2.75) is 13.8 Å². The molecule has 0 atom stereocenters. The van der Waals surface area contributed by atoms with E-state index in [0.29, 0.717) is 5.82 Å². The number of aromatic nitrogens is 3. The summed E-state index contributed by atoms with van der Waals surface area (Å²) in [7, 11) is 1.50. The van der Waals surface area contributed by atoms with E-state index >= 15 is 0 Å². The molecule has 4 nitrogen and oxygen atoms in total. The number of hydrogen-bond acceptors (Lipinski definition) is 4. The van der Waals surface area contributed by atoms with Crippen LogP contribution in [0.25, 0.3) is 11.4 Å². The largest absolute Gasteiger partial charge is 0.467 e. The van der Waals surface area contributed by atoms with Crippen LogP contribution >= 0.6 is 11.6 Å². The fourth-order valence-electron chi connectivity index (χ4n) is 1.52. The lowest BCUT2D eigenvalue weighted by molar-refractivity contribution is 0.379. The van der Waals surface area contributed by atoms with Gasteiger partial charge in [0.1, 0.15) is 0 Å². The van der Waals surface area contributed by atoms with Gasteiger partial charge in [-0.25, -0.2) is 0 Å². The molecule has 0 N–H and O–H groups in total. The number of hydrogen-bond donors (Lipinski definition) is 0. The zero-order valence-electron chi connectivity index (χ0n) is 9.86. The highest BCUT2D eigenvalue weighted by atomic mass is 35.5. The smallest absolute Gasteiger partial charge is 0.321 e. The first-order valence-corrected chi connectivity index (χ1v) is 5.51. The Kier molecular flexibility index (Phi) is 3.24. The summed E-state index contributed by atoms with van der Waals surface area (Å²) in [6.07, 6.45) is 0. The second-order valence-corrected chi connectivity index (χ2v) is 4.07. The van der Waals surface area contributed by atoms with E-state index in [1.807, 2.05) is 32.0 Å². The molecule has 0 amide bonds. The maximum Gasteiger partial charge on any atom is 0.321 e. The van der Waals surface area contributed by atoms with Gasteiger partial charge in [-0.3, -0.25) is 0 Å². The zero-order valence-corrected chi connectivity index (χ0v) is 10.6. The van der Waals surface area contributed by atoms with Crippen molar-refractivity contribution in [2.75, 3.05) is 7.11 Å². The van der Waals surface area contributed by atoms with Crippen molar-refractivity contribution < 1.29 is 4.74 Å². The average molecular weight is 250 g/mol. The third-order valence-corrected chi connectivity index (χ3v) is 2.57. The van der Waals surface area contributed by atoms with Gasteiger partial charge in [0, 0.05) is 5.56 Å². The Morgan fingerprint density at radius 2 is 1.88 bits per heavy atom. The summed E-state index contributed by atoms with van der Waals surface area (Å²) >= 11 is 5.83. The Bertz CT molecular complexity index is 557. The van der Waals surface area contributed by atoms with Crippen LogP contribution in [-0.2, 0) is 0 Å². The van der Waals surface area contributed by atoms with Gasteiger partial charge in [-0.15, -0.1) is 0 Å². The molecule has 0 spiro atoms. The van der Waals surface area contributed by atoms with E-state index in [-0.39, 0.29) is 11.3 Å². The number of benzene rings is 1. The SMILES string of the molecule is COc1nc(Cl)nc(-c2cc(C)ccc2C)n1. The number of ether oxygens (including phenoxy) is 1. The second-order valence-electron chi connectivity index (χ2n) is 3.73. The molecule has 1 heterocycles. The summed E-state index contributed by atoms with van der Waals surface area (Å²) in [5.74, 6) is 0.531. The molecule has 0 saturated carbocycles. The van der Waals surface area contributed by atoms with E-state index in [4.69, 9.17) is 16.3 Å². The summed E-state index contributed by atoms with van der Waals surface area (Å²) in [6, 6.07) is 6.30. The summed E-state index contributed by atoms with van der Waals surface area (Å²) in [4.78, 5) is 12.2. The van der Waals surface area contributed by atoms with Crippen molar-refractivity contribution in [3.05, 3.63) is 34.6 Å².